The topological polar surface area (TPSA) is 68.0 Å². The molecule has 0 fully saturated rings. The monoisotopic (exact) mass is 227 g/mol. The Balaban J connectivity index is 2.29. The van der Waals surface area contributed by atoms with Crippen LogP contribution in [-0.2, 0) is 11.3 Å². The number of amides is 1. The van der Waals surface area contributed by atoms with E-state index in [1.54, 1.807) is 11.7 Å². The molecular formula is C10H17N3OS. The number of nitrogens with two attached hydrogens (primary N) is 1. The number of nitrogens with zero attached hydrogens (tertiary/aromatic N) is 1. The van der Waals surface area contributed by atoms with Crippen molar-refractivity contribution in [1.29, 1.82) is 0 Å². The van der Waals surface area contributed by atoms with Crippen molar-refractivity contribution in [3.05, 3.63) is 16.6 Å². The molecule has 0 aliphatic heterocycles. The van der Waals surface area contributed by atoms with Crippen molar-refractivity contribution >= 4 is 17.2 Å². The van der Waals surface area contributed by atoms with Crippen LogP contribution in [0.5, 0.6) is 0 Å². The quantitative estimate of drug-likeness (QED) is 0.792. The van der Waals surface area contributed by atoms with Crippen LogP contribution in [0.1, 0.15) is 25.1 Å². The van der Waals surface area contributed by atoms with Crippen molar-refractivity contribution < 1.29 is 4.79 Å². The SMILES string of the molecule is CC(C)CC(N)C(=O)NCc1cncs1. The highest BCUT2D eigenvalue weighted by atomic mass is 32.1. The summed E-state index contributed by atoms with van der Waals surface area (Å²) < 4.78 is 0. The molecule has 0 bridgehead atoms. The first kappa shape index (κ1) is 12.1. The highest BCUT2D eigenvalue weighted by Gasteiger charge is 2.14. The molecule has 5 heteroatoms. The summed E-state index contributed by atoms with van der Waals surface area (Å²) in [5.74, 6) is 0.353. The maximum Gasteiger partial charge on any atom is 0.237 e. The van der Waals surface area contributed by atoms with Crippen LogP contribution in [0.2, 0.25) is 0 Å². The molecule has 0 aliphatic carbocycles. The Morgan fingerprint density at radius 1 is 1.67 bits per heavy atom. The summed E-state index contributed by atoms with van der Waals surface area (Å²) in [4.78, 5) is 16.5. The molecule has 3 N–H and O–H groups in total. The summed E-state index contributed by atoms with van der Waals surface area (Å²) in [6, 6.07) is -0.405. The molecule has 0 spiro atoms. The lowest BCUT2D eigenvalue weighted by Crippen LogP contribution is -2.40. The Kier molecular flexibility index (Phi) is 4.71. The third kappa shape index (κ3) is 4.40. The van der Waals surface area contributed by atoms with Crippen molar-refractivity contribution in [2.75, 3.05) is 0 Å². The first-order chi connectivity index (χ1) is 7.09. The maximum atomic E-state index is 11.5. The highest BCUT2D eigenvalue weighted by Crippen LogP contribution is 2.06. The second-order valence-corrected chi connectivity index (χ2v) is 4.89. The van der Waals surface area contributed by atoms with Crippen LogP contribution < -0.4 is 11.1 Å². The normalized spacial score (nSPS) is 12.8. The third-order valence-electron chi connectivity index (χ3n) is 1.98. The third-order valence-corrected chi connectivity index (χ3v) is 2.76. The van der Waals surface area contributed by atoms with E-state index in [-0.39, 0.29) is 5.91 Å². The predicted octanol–water partition coefficient (Wildman–Crippen LogP) is 1.13. The largest absolute Gasteiger partial charge is 0.350 e. The molecule has 1 atom stereocenters. The van der Waals surface area contributed by atoms with Crippen LogP contribution in [-0.4, -0.2) is 16.9 Å². The van der Waals surface area contributed by atoms with E-state index in [0.29, 0.717) is 18.9 Å². The molecule has 0 saturated heterocycles. The van der Waals surface area contributed by atoms with E-state index in [4.69, 9.17) is 5.73 Å². The molecule has 1 heterocycles. The van der Waals surface area contributed by atoms with Gasteiger partial charge in [-0.15, -0.1) is 11.3 Å². The number of hydrogen-bond donors (Lipinski definition) is 2. The van der Waals surface area contributed by atoms with Gasteiger partial charge in [0.05, 0.1) is 18.1 Å². The molecule has 0 aliphatic rings. The second kappa shape index (κ2) is 5.82. The summed E-state index contributed by atoms with van der Waals surface area (Å²) in [7, 11) is 0. The average Bonchev–Trinajstić information content (AvgIpc) is 2.65. The Bertz CT molecular complexity index is 298. The highest BCUT2D eigenvalue weighted by molar-refractivity contribution is 7.09. The van der Waals surface area contributed by atoms with Gasteiger partial charge >= 0.3 is 0 Å². The Labute approximate surface area is 93.9 Å². The molecule has 15 heavy (non-hydrogen) atoms. The zero-order valence-electron chi connectivity index (χ0n) is 9.06. The summed E-state index contributed by atoms with van der Waals surface area (Å²) in [5, 5.41) is 2.80. The molecule has 0 radical (unpaired) electrons. The Morgan fingerprint density at radius 3 is 2.93 bits per heavy atom. The Hall–Kier alpha value is -0.940. The fourth-order valence-electron chi connectivity index (χ4n) is 1.25. The maximum absolute atomic E-state index is 11.5. The van der Waals surface area contributed by atoms with E-state index >= 15 is 0 Å². The fourth-order valence-corrected chi connectivity index (χ4v) is 1.78. The van der Waals surface area contributed by atoms with Gasteiger partial charge < -0.3 is 11.1 Å². The molecular weight excluding hydrogens is 210 g/mol. The van der Waals surface area contributed by atoms with Crippen molar-refractivity contribution in [3.8, 4) is 0 Å². The van der Waals surface area contributed by atoms with E-state index in [1.165, 1.54) is 11.3 Å². The number of aromatic nitrogens is 1. The second-order valence-electron chi connectivity index (χ2n) is 3.92. The lowest BCUT2D eigenvalue weighted by atomic mass is 10.0. The molecule has 0 saturated carbocycles. The van der Waals surface area contributed by atoms with Gasteiger partial charge in [-0.25, -0.2) is 0 Å². The van der Waals surface area contributed by atoms with E-state index in [9.17, 15) is 4.79 Å². The molecule has 84 valence electrons. The zero-order chi connectivity index (χ0) is 11.3. The fraction of sp³-hybridized carbons (Fsp3) is 0.600. The number of nitrogens with one attached hydrogen (secondary N) is 1. The molecule has 1 aromatic rings. The summed E-state index contributed by atoms with van der Waals surface area (Å²) in [6.45, 7) is 4.63. The van der Waals surface area contributed by atoms with Crippen molar-refractivity contribution in [1.82, 2.24) is 10.3 Å². The lowest BCUT2D eigenvalue weighted by Gasteiger charge is -2.13. The van der Waals surface area contributed by atoms with E-state index < -0.39 is 6.04 Å². The molecule has 1 rings (SSSR count). The molecule has 1 aromatic heterocycles. The van der Waals surface area contributed by atoms with Crippen LogP contribution in [0.15, 0.2) is 11.7 Å². The molecule has 1 amide bonds. The van der Waals surface area contributed by atoms with Crippen LogP contribution in [0.25, 0.3) is 0 Å². The van der Waals surface area contributed by atoms with Crippen LogP contribution in [0.4, 0.5) is 0 Å². The summed E-state index contributed by atoms with van der Waals surface area (Å²) in [5.41, 5.74) is 7.48. The van der Waals surface area contributed by atoms with E-state index in [1.807, 2.05) is 0 Å². The first-order valence-corrected chi connectivity index (χ1v) is 5.88. The average molecular weight is 227 g/mol. The first-order valence-electron chi connectivity index (χ1n) is 5.00. The van der Waals surface area contributed by atoms with E-state index in [2.05, 4.69) is 24.1 Å². The minimum absolute atomic E-state index is 0.0860. The number of carbonyl (C=O) groups excluding carboxylic acids is 1. The predicted molar refractivity (Wildman–Crippen MR) is 61.4 cm³/mol. The van der Waals surface area contributed by atoms with Gasteiger partial charge in [0.1, 0.15) is 0 Å². The van der Waals surface area contributed by atoms with Crippen molar-refractivity contribution in [2.24, 2.45) is 11.7 Å². The van der Waals surface area contributed by atoms with Gasteiger partial charge in [-0.3, -0.25) is 9.78 Å². The molecule has 0 aromatic carbocycles. The van der Waals surface area contributed by atoms with Gasteiger partial charge in [-0.1, -0.05) is 13.8 Å². The minimum atomic E-state index is -0.405. The van der Waals surface area contributed by atoms with E-state index in [0.717, 1.165) is 4.88 Å². The van der Waals surface area contributed by atoms with Gasteiger partial charge in [0.2, 0.25) is 5.91 Å². The van der Waals surface area contributed by atoms with Crippen LogP contribution in [0.3, 0.4) is 0 Å². The van der Waals surface area contributed by atoms with Crippen LogP contribution in [0, 0.1) is 5.92 Å². The minimum Gasteiger partial charge on any atom is -0.350 e. The number of thiazole rings is 1. The lowest BCUT2D eigenvalue weighted by molar-refractivity contribution is -0.122. The number of hydrogen-bond acceptors (Lipinski definition) is 4. The number of rotatable bonds is 5. The smallest absolute Gasteiger partial charge is 0.237 e. The van der Waals surface area contributed by atoms with Gasteiger partial charge in [0.25, 0.3) is 0 Å². The standard InChI is InChI=1S/C10H17N3OS/c1-7(2)3-9(11)10(14)13-5-8-4-12-6-15-8/h4,6-7,9H,3,5,11H2,1-2H3,(H,13,14). The van der Waals surface area contributed by atoms with Gasteiger partial charge in [0.15, 0.2) is 0 Å². The van der Waals surface area contributed by atoms with Gasteiger partial charge in [0, 0.05) is 11.1 Å². The molecule has 1 unspecified atom stereocenters. The molecule has 4 nitrogen and oxygen atoms in total. The zero-order valence-corrected chi connectivity index (χ0v) is 9.88. The van der Waals surface area contributed by atoms with Crippen molar-refractivity contribution in [3.63, 3.8) is 0 Å². The number of carbonyl (C=O) groups is 1. The summed E-state index contributed by atoms with van der Waals surface area (Å²) in [6.07, 6.45) is 2.47. The van der Waals surface area contributed by atoms with Crippen LogP contribution >= 0.6 is 11.3 Å². The van der Waals surface area contributed by atoms with Gasteiger partial charge in [-0.2, -0.15) is 0 Å². The Morgan fingerprint density at radius 2 is 2.40 bits per heavy atom. The van der Waals surface area contributed by atoms with Gasteiger partial charge in [-0.05, 0) is 12.3 Å². The van der Waals surface area contributed by atoms with Crippen molar-refractivity contribution in [2.45, 2.75) is 32.9 Å². The summed E-state index contributed by atoms with van der Waals surface area (Å²) >= 11 is 1.52.